The maximum Gasteiger partial charge on any atom is 0.352 e. The van der Waals surface area contributed by atoms with Gasteiger partial charge in [-0.15, -0.1) is 0 Å². The molecule has 0 aliphatic carbocycles. The summed E-state index contributed by atoms with van der Waals surface area (Å²) >= 11 is 3.27. The monoisotopic (exact) mass is 280 g/mol. The van der Waals surface area contributed by atoms with Crippen molar-refractivity contribution in [2.24, 2.45) is 0 Å². The first-order valence-corrected chi connectivity index (χ1v) is 5.44. The summed E-state index contributed by atoms with van der Waals surface area (Å²) in [6, 6.07) is 5.31. The Kier molecular flexibility index (Phi) is 3.05. The molecule has 82 valence electrons. The number of hydrogen-bond donors (Lipinski definition) is 1. The third kappa shape index (κ3) is 2.30. The summed E-state index contributed by atoms with van der Waals surface area (Å²) in [7, 11) is 0. The molecule has 0 saturated heterocycles. The maximum absolute atomic E-state index is 11.0. The first kappa shape index (κ1) is 10.9. The average molecular weight is 281 g/mol. The van der Waals surface area contributed by atoms with Crippen molar-refractivity contribution in [3.8, 4) is 0 Å². The molecule has 0 spiro atoms. The van der Waals surface area contributed by atoms with Gasteiger partial charge in [-0.1, -0.05) is 0 Å². The Morgan fingerprint density at radius 2 is 2.12 bits per heavy atom. The van der Waals surface area contributed by atoms with Gasteiger partial charge in [0.15, 0.2) is 0 Å². The van der Waals surface area contributed by atoms with Gasteiger partial charge in [0.25, 0.3) is 0 Å². The normalized spacial score (nSPS) is 10.3. The van der Waals surface area contributed by atoms with Crippen LogP contribution in [0.1, 0.15) is 16.1 Å². The van der Waals surface area contributed by atoms with Crippen LogP contribution in [0.5, 0.6) is 0 Å². The Hall–Kier alpha value is -1.62. The molecule has 0 aromatic carbocycles. The lowest BCUT2D eigenvalue weighted by Crippen LogP contribution is -2.08. The summed E-state index contributed by atoms with van der Waals surface area (Å²) in [5, 5.41) is 9.00. The minimum Gasteiger partial charge on any atom is -0.477 e. The van der Waals surface area contributed by atoms with E-state index in [-0.39, 0.29) is 5.69 Å². The van der Waals surface area contributed by atoms with E-state index in [1.165, 1.54) is 0 Å². The predicted octanol–water partition coefficient (Wildman–Crippen LogP) is 2.39. The van der Waals surface area contributed by atoms with Crippen LogP contribution in [0.3, 0.4) is 0 Å². The highest BCUT2D eigenvalue weighted by atomic mass is 79.9. The van der Waals surface area contributed by atoms with Crippen molar-refractivity contribution < 1.29 is 9.90 Å². The van der Waals surface area contributed by atoms with E-state index in [9.17, 15) is 4.79 Å². The molecule has 0 fully saturated rings. The van der Waals surface area contributed by atoms with E-state index in [1.807, 2.05) is 12.1 Å². The summed E-state index contributed by atoms with van der Waals surface area (Å²) < 4.78 is 2.45. The number of aromatic carboxylic acids is 1. The summed E-state index contributed by atoms with van der Waals surface area (Å²) in [5.74, 6) is -0.931. The number of carbonyl (C=O) groups is 1. The van der Waals surface area contributed by atoms with Crippen LogP contribution in [0.2, 0.25) is 0 Å². The van der Waals surface area contributed by atoms with Crippen LogP contribution in [-0.4, -0.2) is 20.6 Å². The number of hydrogen-bond acceptors (Lipinski definition) is 2. The highest BCUT2D eigenvalue weighted by Gasteiger charge is 2.11. The fourth-order valence-corrected chi connectivity index (χ4v) is 1.93. The molecule has 0 amide bonds. The predicted molar refractivity (Wildman–Crippen MR) is 62.4 cm³/mol. The third-order valence-electron chi connectivity index (χ3n) is 2.18. The molecular weight excluding hydrogens is 272 g/mol. The lowest BCUT2D eigenvalue weighted by atomic mass is 10.2. The van der Waals surface area contributed by atoms with Crippen molar-refractivity contribution in [2.45, 2.75) is 6.54 Å². The maximum atomic E-state index is 11.0. The van der Waals surface area contributed by atoms with Crippen LogP contribution in [-0.2, 0) is 6.54 Å². The number of halogens is 1. The quantitative estimate of drug-likeness (QED) is 0.939. The molecule has 2 aromatic rings. The molecule has 5 heteroatoms. The molecule has 0 bridgehead atoms. The molecule has 16 heavy (non-hydrogen) atoms. The molecule has 4 nitrogen and oxygen atoms in total. The topological polar surface area (TPSA) is 55.1 Å². The van der Waals surface area contributed by atoms with Crippen molar-refractivity contribution in [3.05, 3.63) is 52.5 Å². The highest BCUT2D eigenvalue weighted by Crippen LogP contribution is 2.16. The molecule has 0 atom stereocenters. The molecule has 0 saturated carbocycles. The van der Waals surface area contributed by atoms with E-state index in [0.29, 0.717) is 6.54 Å². The van der Waals surface area contributed by atoms with Gasteiger partial charge < -0.3 is 9.67 Å². The van der Waals surface area contributed by atoms with Crippen LogP contribution in [0.15, 0.2) is 41.3 Å². The van der Waals surface area contributed by atoms with Gasteiger partial charge >= 0.3 is 5.97 Å². The van der Waals surface area contributed by atoms with Crippen LogP contribution in [0.25, 0.3) is 0 Å². The molecule has 2 heterocycles. The van der Waals surface area contributed by atoms with Crippen LogP contribution in [0.4, 0.5) is 0 Å². The van der Waals surface area contributed by atoms with Gasteiger partial charge in [-0.25, -0.2) is 4.79 Å². The molecule has 0 unspecified atom stereocenters. The Morgan fingerprint density at radius 1 is 1.44 bits per heavy atom. The minimum atomic E-state index is -0.931. The molecular formula is C11H9BrN2O2. The van der Waals surface area contributed by atoms with Gasteiger partial charge in [-0.3, -0.25) is 4.98 Å². The van der Waals surface area contributed by atoms with Gasteiger partial charge in [-0.2, -0.15) is 0 Å². The number of pyridine rings is 1. The first-order valence-electron chi connectivity index (χ1n) is 4.64. The van der Waals surface area contributed by atoms with Crippen LogP contribution in [0, 0.1) is 0 Å². The second kappa shape index (κ2) is 4.49. The van der Waals surface area contributed by atoms with Crippen LogP contribution >= 0.6 is 15.9 Å². The fourth-order valence-electron chi connectivity index (χ4n) is 1.47. The highest BCUT2D eigenvalue weighted by molar-refractivity contribution is 9.10. The lowest BCUT2D eigenvalue weighted by Gasteiger charge is -2.05. The second-order valence-electron chi connectivity index (χ2n) is 3.33. The first-order chi connectivity index (χ1) is 7.66. The van der Waals surface area contributed by atoms with Crippen LogP contribution < -0.4 is 0 Å². The summed E-state index contributed by atoms with van der Waals surface area (Å²) in [6.07, 6.45) is 5.13. The zero-order valence-corrected chi connectivity index (χ0v) is 9.89. The lowest BCUT2D eigenvalue weighted by molar-refractivity contribution is 0.0685. The van der Waals surface area contributed by atoms with Gasteiger partial charge in [-0.05, 0) is 39.7 Å². The fraction of sp³-hybridized carbons (Fsp3) is 0.0909. The van der Waals surface area contributed by atoms with E-state index >= 15 is 0 Å². The summed E-state index contributed by atoms with van der Waals surface area (Å²) in [4.78, 5) is 14.9. The van der Waals surface area contributed by atoms with Gasteiger partial charge in [0, 0.05) is 29.6 Å². The van der Waals surface area contributed by atoms with Crippen molar-refractivity contribution in [3.63, 3.8) is 0 Å². The Morgan fingerprint density at radius 3 is 2.75 bits per heavy atom. The van der Waals surface area contributed by atoms with E-state index in [4.69, 9.17) is 5.11 Å². The van der Waals surface area contributed by atoms with Crippen molar-refractivity contribution in [1.82, 2.24) is 9.55 Å². The largest absolute Gasteiger partial charge is 0.477 e. The average Bonchev–Trinajstić information content (AvgIpc) is 2.61. The van der Waals surface area contributed by atoms with Crippen molar-refractivity contribution >= 4 is 21.9 Å². The number of carboxylic acids is 1. The standard InChI is InChI=1S/C11H9BrN2O2/c12-9-5-10(11(15)16)14(7-9)6-8-1-3-13-4-2-8/h1-5,7H,6H2,(H,15,16). The molecule has 2 rings (SSSR count). The Bertz CT molecular complexity index is 508. The zero-order valence-electron chi connectivity index (χ0n) is 8.30. The van der Waals surface area contributed by atoms with Crippen molar-refractivity contribution in [2.75, 3.05) is 0 Å². The molecule has 0 aliphatic heterocycles. The summed E-state index contributed by atoms with van der Waals surface area (Å²) in [6.45, 7) is 0.524. The van der Waals surface area contributed by atoms with Crippen molar-refractivity contribution in [1.29, 1.82) is 0 Å². The SMILES string of the molecule is O=C(O)c1cc(Br)cn1Cc1ccncc1. The van der Waals surface area contributed by atoms with E-state index in [1.54, 1.807) is 29.2 Å². The smallest absolute Gasteiger partial charge is 0.352 e. The molecule has 0 aliphatic rings. The van der Waals surface area contributed by atoms with Gasteiger partial charge in [0.1, 0.15) is 5.69 Å². The van der Waals surface area contributed by atoms with E-state index in [0.717, 1.165) is 10.0 Å². The summed E-state index contributed by atoms with van der Waals surface area (Å²) in [5.41, 5.74) is 1.28. The Balaban J connectivity index is 2.31. The number of carboxylic acid groups (broad SMARTS) is 1. The van der Waals surface area contributed by atoms with E-state index < -0.39 is 5.97 Å². The zero-order chi connectivity index (χ0) is 11.5. The van der Waals surface area contributed by atoms with E-state index in [2.05, 4.69) is 20.9 Å². The second-order valence-corrected chi connectivity index (χ2v) is 4.25. The van der Waals surface area contributed by atoms with Gasteiger partial charge in [0.05, 0.1) is 0 Å². The molecule has 0 radical (unpaired) electrons. The number of rotatable bonds is 3. The molecule has 1 N–H and O–H groups in total. The minimum absolute atomic E-state index is 0.267. The Labute approximate surface area is 101 Å². The number of nitrogens with zero attached hydrogens (tertiary/aromatic N) is 2. The third-order valence-corrected chi connectivity index (χ3v) is 2.62. The molecule has 2 aromatic heterocycles. The van der Waals surface area contributed by atoms with Gasteiger partial charge in [0.2, 0.25) is 0 Å². The number of aromatic nitrogens is 2.